The number of fused-ring (bicyclic) bond motifs is 3. The molecule has 2 heteroatoms. The van der Waals surface area contributed by atoms with Crippen molar-refractivity contribution in [1.82, 2.24) is 4.57 Å². The van der Waals surface area contributed by atoms with Crippen molar-refractivity contribution in [2.24, 2.45) is 0 Å². The summed E-state index contributed by atoms with van der Waals surface area (Å²) in [6.07, 6.45) is 0. The molecule has 0 bridgehead atoms. The van der Waals surface area contributed by atoms with Gasteiger partial charge < -0.3 is 9.47 Å². The van der Waals surface area contributed by atoms with Crippen molar-refractivity contribution < 1.29 is 0 Å². The minimum atomic E-state index is 0.00469. The zero-order valence-corrected chi connectivity index (χ0v) is 49.9. The number of hydrogen-bond donors (Lipinski definition) is 0. The van der Waals surface area contributed by atoms with Gasteiger partial charge in [0, 0.05) is 32.9 Å². The monoisotopic (exact) mass is 1040 g/mol. The molecule has 12 rings (SSSR count). The van der Waals surface area contributed by atoms with Crippen LogP contribution in [0.5, 0.6) is 0 Å². The summed E-state index contributed by atoms with van der Waals surface area (Å²) in [6, 6.07) is 76.9. The van der Waals surface area contributed by atoms with E-state index in [-0.39, 0.29) is 27.1 Å². The van der Waals surface area contributed by atoms with Gasteiger partial charge >= 0.3 is 0 Å². The van der Waals surface area contributed by atoms with Crippen LogP contribution < -0.4 is 4.90 Å². The zero-order valence-electron chi connectivity index (χ0n) is 49.9. The molecule has 1 heterocycles. The summed E-state index contributed by atoms with van der Waals surface area (Å²) < 4.78 is 2.53. The van der Waals surface area contributed by atoms with Crippen LogP contribution in [0, 0.1) is 0 Å². The van der Waals surface area contributed by atoms with Gasteiger partial charge in [-0.05, 0) is 170 Å². The molecule has 0 saturated carbocycles. The van der Waals surface area contributed by atoms with E-state index in [1.807, 2.05) is 0 Å². The van der Waals surface area contributed by atoms with Crippen molar-refractivity contribution in [2.45, 2.75) is 131 Å². The molecule has 0 radical (unpaired) electrons. The fraction of sp³-hybridized carbons (Fsp3) is 0.256. The predicted octanol–water partition coefficient (Wildman–Crippen LogP) is 22.6. The molecule has 12 aromatic rings. The maximum Gasteiger partial charge on any atom is 0.0541 e. The van der Waals surface area contributed by atoms with Gasteiger partial charge in [0.15, 0.2) is 0 Å². The first kappa shape index (κ1) is 52.7. The first-order valence-corrected chi connectivity index (χ1v) is 29.0. The highest BCUT2D eigenvalue weighted by molar-refractivity contribution is 6.27. The fourth-order valence-corrected chi connectivity index (χ4v) is 12.1. The van der Waals surface area contributed by atoms with Crippen LogP contribution in [0.25, 0.3) is 93.2 Å². The van der Waals surface area contributed by atoms with Crippen molar-refractivity contribution in [2.75, 3.05) is 4.90 Å². The van der Waals surface area contributed by atoms with Crippen LogP contribution in [-0.4, -0.2) is 4.57 Å². The van der Waals surface area contributed by atoms with Crippen LogP contribution in [-0.2, 0) is 27.1 Å². The quantitative estimate of drug-likeness (QED) is 0.144. The Balaban J connectivity index is 1.05. The van der Waals surface area contributed by atoms with Crippen molar-refractivity contribution in [1.29, 1.82) is 0 Å². The lowest BCUT2D eigenvalue weighted by molar-refractivity contribution is 0.568. The van der Waals surface area contributed by atoms with Crippen LogP contribution in [0.1, 0.15) is 132 Å². The van der Waals surface area contributed by atoms with Crippen LogP contribution >= 0.6 is 0 Å². The Morgan fingerprint density at radius 2 is 0.675 bits per heavy atom. The number of nitrogens with zero attached hydrogens (tertiary/aromatic N) is 2. The first-order valence-electron chi connectivity index (χ1n) is 29.0. The lowest BCUT2D eigenvalue weighted by Crippen LogP contribution is -2.16. The summed E-state index contributed by atoms with van der Waals surface area (Å²) in [4.78, 5) is 2.49. The molecule has 0 N–H and O–H groups in total. The van der Waals surface area contributed by atoms with Gasteiger partial charge in [-0.3, -0.25) is 0 Å². The summed E-state index contributed by atoms with van der Waals surface area (Å²) >= 11 is 0. The Bertz CT molecular complexity index is 4140. The van der Waals surface area contributed by atoms with Crippen molar-refractivity contribution in [3.8, 4) is 39.1 Å². The van der Waals surface area contributed by atoms with Gasteiger partial charge in [-0.25, -0.2) is 0 Å². The van der Waals surface area contributed by atoms with E-state index in [0.717, 1.165) is 17.1 Å². The van der Waals surface area contributed by atoms with Gasteiger partial charge in [0.25, 0.3) is 0 Å². The lowest BCUT2D eigenvalue weighted by atomic mass is 9.79. The van der Waals surface area contributed by atoms with Gasteiger partial charge in [0.05, 0.1) is 22.4 Å². The highest BCUT2D eigenvalue weighted by Crippen LogP contribution is 2.48. The number of anilines is 3. The third-order valence-electron chi connectivity index (χ3n) is 17.1. The largest absolute Gasteiger partial charge is 0.310 e. The Kier molecular flexibility index (Phi) is 12.4. The van der Waals surface area contributed by atoms with Gasteiger partial charge in [-0.1, -0.05) is 243 Å². The van der Waals surface area contributed by atoms with Gasteiger partial charge in [-0.2, -0.15) is 0 Å². The molecule has 0 aliphatic heterocycles. The van der Waals surface area contributed by atoms with Gasteiger partial charge in [0.1, 0.15) is 0 Å². The lowest BCUT2D eigenvalue weighted by Gasteiger charge is -2.29. The Hall–Kier alpha value is -7.94. The van der Waals surface area contributed by atoms with E-state index in [0.29, 0.717) is 0 Å². The summed E-state index contributed by atoms with van der Waals surface area (Å²) in [5.41, 5.74) is 21.2. The molecule has 400 valence electrons. The van der Waals surface area contributed by atoms with Gasteiger partial charge in [0.2, 0.25) is 0 Å². The molecule has 0 unspecified atom stereocenters. The Labute approximate surface area is 476 Å². The molecule has 0 aliphatic rings. The molecule has 11 aromatic carbocycles. The average Bonchev–Trinajstić information content (AvgIpc) is 2.60. The molecule has 0 atom stereocenters. The normalized spacial score (nSPS) is 12.9. The topological polar surface area (TPSA) is 8.17 Å². The number of aromatic nitrogens is 1. The first-order chi connectivity index (χ1) is 37.8. The van der Waals surface area contributed by atoms with Crippen molar-refractivity contribution >= 4 is 71.2 Å². The van der Waals surface area contributed by atoms with Crippen molar-refractivity contribution in [3.05, 3.63) is 228 Å². The summed E-state index contributed by atoms with van der Waals surface area (Å²) in [6.45, 7) is 34.8. The summed E-state index contributed by atoms with van der Waals surface area (Å²) in [5, 5.41) is 10.0. The predicted molar refractivity (Wildman–Crippen MR) is 349 cm³/mol. The molecule has 80 heavy (non-hydrogen) atoms. The van der Waals surface area contributed by atoms with Gasteiger partial charge in [-0.15, -0.1) is 0 Å². The molecule has 0 amide bonds. The third-order valence-corrected chi connectivity index (χ3v) is 17.1. The molecule has 0 aliphatic carbocycles. The number of hydrogen-bond acceptors (Lipinski definition) is 1. The minimum absolute atomic E-state index is 0.00469. The molecule has 0 fully saturated rings. The summed E-state index contributed by atoms with van der Waals surface area (Å²) in [5.74, 6) is 0. The fourth-order valence-electron chi connectivity index (χ4n) is 12.1. The van der Waals surface area contributed by atoms with Crippen LogP contribution in [0.15, 0.2) is 200 Å². The molecule has 2 nitrogen and oxygen atoms in total. The second kappa shape index (κ2) is 18.8. The second-order valence-electron chi connectivity index (χ2n) is 28.0. The summed E-state index contributed by atoms with van der Waals surface area (Å²) in [7, 11) is 0. The van der Waals surface area contributed by atoms with Crippen LogP contribution in [0.2, 0.25) is 0 Å². The van der Waals surface area contributed by atoms with Crippen molar-refractivity contribution in [3.63, 3.8) is 0 Å². The number of benzene rings is 11. The molecule has 1 aromatic heterocycles. The Morgan fingerprint density at radius 3 is 1.16 bits per heavy atom. The highest BCUT2D eigenvalue weighted by atomic mass is 15.1. The third kappa shape index (κ3) is 9.45. The molecule has 0 saturated heterocycles. The zero-order chi connectivity index (χ0) is 56.4. The standard InChI is InChI=1S/C78H78N2/c1-74(2,3)57-30-40-71-67(48-57)66-45-54(49-19-17-16-18-20-49)29-39-70(66)80(71)69-38-28-53-25-35-64-68(37-27-52-26-36-65(69)73(53)72(52)64)79(62-31-21-50(22-32-62)55-41-58(75(4,5)6)46-59(42-55)76(7,8)9)63-33-23-51(24-34-63)56-43-60(77(10,11)12)47-61(44-56)78(13,14)15/h16-48H,1-15H3. The van der Waals surface area contributed by atoms with E-state index < -0.39 is 0 Å². The van der Waals surface area contributed by atoms with E-state index in [2.05, 4.69) is 314 Å². The Morgan fingerprint density at radius 1 is 0.275 bits per heavy atom. The van der Waals surface area contributed by atoms with E-state index in [1.54, 1.807) is 0 Å². The van der Waals surface area contributed by atoms with E-state index >= 15 is 0 Å². The van der Waals surface area contributed by atoms with E-state index in [1.165, 1.54) is 121 Å². The average molecular weight is 1040 g/mol. The highest BCUT2D eigenvalue weighted by Gasteiger charge is 2.26. The maximum absolute atomic E-state index is 2.53. The van der Waals surface area contributed by atoms with E-state index in [4.69, 9.17) is 0 Å². The maximum atomic E-state index is 2.53. The molecular formula is C78H78N2. The second-order valence-corrected chi connectivity index (χ2v) is 28.0. The van der Waals surface area contributed by atoms with Crippen LogP contribution in [0.3, 0.4) is 0 Å². The molecular weight excluding hydrogens is 965 g/mol. The van der Waals surface area contributed by atoms with Crippen LogP contribution in [0.4, 0.5) is 17.1 Å². The molecule has 0 spiro atoms. The van der Waals surface area contributed by atoms with E-state index in [9.17, 15) is 0 Å². The smallest absolute Gasteiger partial charge is 0.0541 e. The SMILES string of the molecule is CC(C)(C)c1cc(-c2ccc(N(c3ccc(-c4cc(C(C)(C)C)cc(C(C)(C)C)c4)cc3)c3ccc4ccc5c(-n6c7ccc(-c8ccccc8)cc7c7cc(C(C)(C)C)ccc76)ccc6ccc3c4c65)cc2)cc(C(C)(C)C)c1. The number of rotatable bonds is 7. The minimum Gasteiger partial charge on any atom is -0.310 e.